The van der Waals surface area contributed by atoms with Crippen LogP contribution in [0, 0.1) is 11.3 Å². The molecule has 1 saturated carbocycles. The molecule has 5 heteroatoms. The molecule has 1 aliphatic carbocycles. The number of hydrogen-bond donors (Lipinski definition) is 1. The van der Waals surface area contributed by atoms with E-state index in [0.717, 1.165) is 29.5 Å². The van der Waals surface area contributed by atoms with Gasteiger partial charge in [0.25, 0.3) is 0 Å². The Bertz CT molecular complexity index is 892. The van der Waals surface area contributed by atoms with Crippen molar-refractivity contribution in [3.8, 4) is 11.1 Å². The van der Waals surface area contributed by atoms with Crippen molar-refractivity contribution >= 4 is 11.8 Å². The molecule has 2 aliphatic rings. The first-order valence-corrected chi connectivity index (χ1v) is 11.1. The van der Waals surface area contributed by atoms with Gasteiger partial charge in [-0.25, -0.2) is 0 Å². The fraction of sp³-hybridized carbons (Fsp3) is 0.480. The van der Waals surface area contributed by atoms with Crippen LogP contribution in [-0.4, -0.2) is 34.8 Å². The summed E-state index contributed by atoms with van der Waals surface area (Å²) in [5.74, 6) is 0.384. The van der Waals surface area contributed by atoms with Gasteiger partial charge in [0.05, 0.1) is 5.41 Å². The molecular formula is C25H31N3O2. The Morgan fingerprint density at radius 3 is 2.53 bits per heavy atom. The van der Waals surface area contributed by atoms with Crippen LogP contribution in [0.4, 0.5) is 0 Å². The SMILES string of the molecule is NC(=O)[C@]1(Cc2ccccc2-c2ccncc2)CCN(C(=O)CC2CCCCC2)C1. The summed E-state index contributed by atoms with van der Waals surface area (Å²) in [4.78, 5) is 31.5. The predicted octanol–water partition coefficient (Wildman–Crippen LogP) is 3.97. The van der Waals surface area contributed by atoms with Crippen molar-refractivity contribution in [1.82, 2.24) is 9.88 Å². The average Bonchev–Trinajstić information content (AvgIpc) is 3.21. The molecule has 1 aliphatic heterocycles. The maximum atomic E-state index is 12.9. The molecule has 2 heterocycles. The number of amides is 2. The Labute approximate surface area is 178 Å². The number of pyridine rings is 1. The van der Waals surface area contributed by atoms with Crippen LogP contribution in [0.25, 0.3) is 11.1 Å². The highest BCUT2D eigenvalue weighted by Crippen LogP contribution is 2.38. The van der Waals surface area contributed by atoms with E-state index in [-0.39, 0.29) is 11.8 Å². The maximum absolute atomic E-state index is 12.9. The summed E-state index contributed by atoms with van der Waals surface area (Å²) < 4.78 is 0. The lowest BCUT2D eigenvalue weighted by Crippen LogP contribution is -2.42. The van der Waals surface area contributed by atoms with Gasteiger partial charge in [-0.2, -0.15) is 0 Å². The number of hydrogen-bond acceptors (Lipinski definition) is 3. The maximum Gasteiger partial charge on any atom is 0.225 e. The number of rotatable bonds is 6. The van der Waals surface area contributed by atoms with Gasteiger partial charge in [-0.3, -0.25) is 14.6 Å². The molecule has 1 saturated heterocycles. The Hall–Kier alpha value is -2.69. The number of benzene rings is 1. The van der Waals surface area contributed by atoms with Crippen molar-refractivity contribution < 1.29 is 9.59 Å². The molecule has 0 unspecified atom stereocenters. The summed E-state index contributed by atoms with van der Waals surface area (Å²) >= 11 is 0. The molecule has 2 fully saturated rings. The van der Waals surface area contributed by atoms with Gasteiger partial charge in [0.15, 0.2) is 0 Å². The lowest BCUT2D eigenvalue weighted by molar-refractivity contribution is -0.133. The summed E-state index contributed by atoms with van der Waals surface area (Å²) in [5.41, 5.74) is 8.48. The van der Waals surface area contributed by atoms with E-state index in [1.165, 1.54) is 19.3 Å². The van der Waals surface area contributed by atoms with Crippen LogP contribution in [0.15, 0.2) is 48.8 Å². The first kappa shape index (κ1) is 20.6. The van der Waals surface area contributed by atoms with E-state index in [9.17, 15) is 9.59 Å². The van der Waals surface area contributed by atoms with Gasteiger partial charge in [0, 0.05) is 31.9 Å². The highest BCUT2D eigenvalue weighted by molar-refractivity contribution is 5.85. The number of likely N-dealkylation sites (tertiary alicyclic amines) is 1. The van der Waals surface area contributed by atoms with E-state index in [2.05, 4.69) is 17.1 Å². The van der Waals surface area contributed by atoms with E-state index < -0.39 is 5.41 Å². The molecule has 1 atom stereocenters. The average molecular weight is 406 g/mol. The van der Waals surface area contributed by atoms with Crippen LogP contribution in [-0.2, 0) is 16.0 Å². The second-order valence-electron chi connectivity index (χ2n) is 8.99. The van der Waals surface area contributed by atoms with Crippen molar-refractivity contribution in [3.63, 3.8) is 0 Å². The van der Waals surface area contributed by atoms with Crippen LogP contribution in [0.5, 0.6) is 0 Å². The van der Waals surface area contributed by atoms with E-state index in [4.69, 9.17) is 5.73 Å². The van der Waals surface area contributed by atoms with E-state index in [1.807, 2.05) is 29.2 Å². The highest BCUT2D eigenvalue weighted by Gasteiger charge is 2.45. The van der Waals surface area contributed by atoms with Crippen LogP contribution < -0.4 is 5.73 Å². The molecular weight excluding hydrogens is 374 g/mol. The van der Waals surface area contributed by atoms with Gasteiger partial charge in [-0.05, 0) is 60.4 Å². The summed E-state index contributed by atoms with van der Waals surface area (Å²) in [6.45, 7) is 1.05. The fourth-order valence-corrected chi connectivity index (χ4v) is 5.14. The van der Waals surface area contributed by atoms with Crippen LogP contribution >= 0.6 is 0 Å². The fourth-order valence-electron chi connectivity index (χ4n) is 5.14. The minimum absolute atomic E-state index is 0.187. The normalized spacial score (nSPS) is 22.2. The quantitative estimate of drug-likeness (QED) is 0.790. The second kappa shape index (κ2) is 8.99. The Kier molecular flexibility index (Phi) is 6.16. The van der Waals surface area contributed by atoms with Crippen molar-refractivity contribution in [1.29, 1.82) is 0 Å². The zero-order valence-electron chi connectivity index (χ0n) is 17.6. The Morgan fingerprint density at radius 1 is 1.07 bits per heavy atom. The van der Waals surface area contributed by atoms with Crippen LogP contribution in [0.2, 0.25) is 0 Å². The van der Waals surface area contributed by atoms with Crippen molar-refractivity contribution in [3.05, 3.63) is 54.4 Å². The number of nitrogens with two attached hydrogens (primary N) is 1. The molecule has 2 N–H and O–H groups in total. The van der Waals surface area contributed by atoms with Gasteiger partial charge >= 0.3 is 0 Å². The standard InChI is InChI=1S/C25H31N3O2/c26-24(30)25(12-15-28(18-25)23(29)16-19-6-2-1-3-7-19)17-21-8-4-5-9-22(21)20-10-13-27-14-11-20/h4-5,8-11,13-14,19H,1-3,6-7,12,15-18H2,(H2,26,30)/t25-/m0/s1. The van der Waals surface area contributed by atoms with Gasteiger partial charge in [-0.15, -0.1) is 0 Å². The lowest BCUT2D eigenvalue weighted by atomic mass is 9.78. The molecule has 30 heavy (non-hydrogen) atoms. The van der Waals surface area contributed by atoms with Gasteiger partial charge in [-0.1, -0.05) is 43.5 Å². The third-order valence-corrected chi connectivity index (χ3v) is 6.95. The van der Waals surface area contributed by atoms with Crippen LogP contribution in [0.3, 0.4) is 0 Å². The third-order valence-electron chi connectivity index (χ3n) is 6.95. The minimum atomic E-state index is -0.703. The summed E-state index contributed by atoms with van der Waals surface area (Å²) in [7, 11) is 0. The number of nitrogens with zero attached hydrogens (tertiary/aromatic N) is 2. The number of aromatic nitrogens is 1. The third kappa shape index (κ3) is 4.40. The number of carbonyl (C=O) groups excluding carboxylic acids is 2. The first-order valence-electron chi connectivity index (χ1n) is 11.1. The number of carbonyl (C=O) groups is 2. The monoisotopic (exact) mass is 405 g/mol. The van der Waals surface area contributed by atoms with Gasteiger partial charge in [0.1, 0.15) is 0 Å². The van der Waals surface area contributed by atoms with Gasteiger partial charge in [0.2, 0.25) is 11.8 Å². The van der Waals surface area contributed by atoms with Crippen molar-refractivity contribution in [2.45, 2.75) is 51.4 Å². The Morgan fingerprint density at radius 2 is 1.80 bits per heavy atom. The molecule has 5 nitrogen and oxygen atoms in total. The molecule has 1 aromatic heterocycles. The largest absolute Gasteiger partial charge is 0.369 e. The number of primary amides is 1. The van der Waals surface area contributed by atoms with Crippen molar-refractivity contribution in [2.24, 2.45) is 17.1 Å². The predicted molar refractivity (Wildman–Crippen MR) is 117 cm³/mol. The molecule has 158 valence electrons. The molecule has 1 aromatic carbocycles. The molecule has 4 rings (SSSR count). The first-order chi connectivity index (χ1) is 14.6. The smallest absolute Gasteiger partial charge is 0.225 e. The molecule has 2 amide bonds. The zero-order valence-corrected chi connectivity index (χ0v) is 17.6. The van der Waals surface area contributed by atoms with E-state index in [1.54, 1.807) is 12.4 Å². The summed E-state index contributed by atoms with van der Waals surface area (Å²) in [6, 6.07) is 12.1. The zero-order chi connectivity index (χ0) is 21.0. The topological polar surface area (TPSA) is 76.3 Å². The lowest BCUT2D eigenvalue weighted by Gasteiger charge is -2.28. The van der Waals surface area contributed by atoms with Crippen molar-refractivity contribution in [2.75, 3.05) is 13.1 Å². The van der Waals surface area contributed by atoms with E-state index in [0.29, 0.717) is 38.3 Å². The minimum Gasteiger partial charge on any atom is -0.369 e. The van der Waals surface area contributed by atoms with Crippen LogP contribution in [0.1, 0.15) is 50.5 Å². The van der Waals surface area contributed by atoms with E-state index >= 15 is 0 Å². The molecule has 0 radical (unpaired) electrons. The molecule has 0 bridgehead atoms. The highest BCUT2D eigenvalue weighted by atomic mass is 16.2. The second-order valence-corrected chi connectivity index (χ2v) is 8.99. The molecule has 0 spiro atoms. The van der Waals surface area contributed by atoms with Gasteiger partial charge < -0.3 is 10.6 Å². The molecule has 2 aromatic rings. The summed E-state index contributed by atoms with van der Waals surface area (Å²) in [6.07, 6.45) is 11.4. The summed E-state index contributed by atoms with van der Waals surface area (Å²) in [5, 5.41) is 0. The Balaban J connectivity index is 1.51.